The van der Waals surface area contributed by atoms with Gasteiger partial charge in [-0.3, -0.25) is 9.78 Å². The first-order valence-electron chi connectivity index (χ1n) is 8.00. The van der Waals surface area contributed by atoms with Crippen molar-refractivity contribution in [2.75, 3.05) is 13.1 Å². The van der Waals surface area contributed by atoms with Gasteiger partial charge < -0.3 is 9.64 Å². The highest BCUT2D eigenvalue weighted by molar-refractivity contribution is 6.30. The van der Waals surface area contributed by atoms with E-state index in [0.29, 0.717) is 11.6 Å². The van der Waals surface area contributed by atoms with Crippen molar-refractivity contribution in [2.24, 2.45) is 0 Å². The molecule has 1 aliphatic heterocycles. The van der Waals surface area contributed by atoms with Crippen molar-refractivity contribution in [1.82, 2.24) is 9.88 Å². The van der Waals surface area contributed by atoms with Gasteiger partial charge in [-0.2, -0.15) is 0 Å². The Labute approximate surface area is 146 Å². The van der Waals surface area contributed by atoms with Crippen LogP contribution in [0.3, 0.4) is 0 Å². The van der Waals surface area contributed by atoms with Crippen molar-refractivity contribution in [1.29, 1.82) is 0 Å². The molecule has 0 aliphatic carbocycles. The van der Waals surface area contributed by atoms with Crippen molar-refractivity contribution in [3.05, 3.63) is 65.5 Å². The minimum absolute atomic E-state index is 0.00739. The van der Waals surface area contributed by atoms with Crippen molar-refractivity contribution >= 4 is 23.6 Å². The number of ether oxygens (including phenoxy) is 1. The van der Waals surface area contributed by atoms with Crippen molar-refractivity contribution < 1.29 is 9.53 Å². The fraction of sp³-hybridized carbons (Fsp3) is 0.263. The molecule has 1 amide bonds. The third kappa shape index (κ3) is 4.59. The number of piperidine rings is 1. The van der Waals surface area contributed by atoms with E-state index in [4.69, 9.17) is 16.3 Å². The zero-order chi connectivity index (χ0) is 16.8. The first kappa shape index (κ1) is 16.5. The number of hydrogen-bond donors (Lipinski definition) is 0. The largest absolute Gasteiger partial charge is 0.488 e. The lowest BCUT2D eigenvalue weighted by Crippen LogP contribution is -2.43. The third-order valence-corrected chi connectivity index (χ3v) is 4.18. The van der Waals surface area contributed by atoms with E-state index in [2.05, 4.69) is 4.98 Å². The molecule has 3 rings (SSSR count). The van der Waals surface area contributed by atoms with Crippen LogP contribution in [0, 0.1) is 0 Å². The Morgan fingerprint density at radius 1 is 1.21 bits per heavy atom. The summed E-state index contributed by atoms with van der Waals surface area (Å²) < 4.78 is 5.94. The number of benzene rings is 1. The summed E-state index contributed by atoms with van der Waals surface area (Å²) in [5, 5.41) is 0.686. The summed E-state index contributed by atoms with van der Waals surface area (Å²) in [6.45, 7) is 1.37. The van der Waals surface area contributed by atoms with Gasteiger partial charge in [-0.05, 0) is 48.7 Å². The average molecular weight is 343 g/mol. The molecule has 124 valence electrons. The Kier molecular flexibility index (Phi) is 5.49. The Balaban J connectivity index is 1.57. The number of nitrogens with zero attached hydrogens (tertiary/aromatic N) is 2. The van der Waals surface area contributed by atoms with E-state index in [1.807, 2.05) is 47.4 Å². The van der Waals surface area contributed by atoms with E-state index >= 15 is 0 Å². The molecule has 0 saturated carbocycles. The van der Waals surface area contributed by atoms with Gasteiger partial charge in [0.15, 0.2) is 0 Å². The van der Waals surface area contributed by atoms with E-state index in [-0.39, 0.29) is 12.0 Å². The number of pyridine rings is 1. The van der Waals surface area contributed by atoms with Gasteiger partial charge in [0.1, 0.15) is 11.9 Å². The van der Waals surface area contributed by atoms with Crippen LogP contribution in [0.5, 0.6) is 5.75 Å². The summed E-state index contributed by atoms with van der Waals surface area (Å²) in [4.78, 5) is 18.2. The second kappa shape index (κ2) is 7.97. The molecule has 0 bridgehead atoms. The lowest BCUT2D eigenvalue weighted by atomic mass is 10.1. The maximum absolute atomic E-state index is 12.4. The van der Waals surface area contributed by atoms with Gasteiger partial charge in [-0.1, -0.05) is 23.7 Å². The van der Waals surface area contributed by atoms with Gasteiger partial charge in [0.05, 0.1) is 6.54 Å². The average Bonchev–Trinajstić information content (AvgIpc) is 2.62. The fourth-order valence-corrected chi connectivity index (χ4v) is 2.82. The van der Waals surface area contributed by atoms with Crippen LogP contribution in [0.25, 0.3) is 6.08 Å². The molecule has 1 saturated heterocycles. The van der Waals surface area contributed by atoms with Crippen LogP contribution in [-0.2, 0) is 4.79 Å². The monoisotopic (exact) mass is 342 g/mol. The highest BCUT2D eigenvalue weighted by Gasteiger charge is 2.23. The molecule has 2 aromatic rings. The van der Waals surface area contributed by atoms with E-state index in [1.165, 1.54) is 0 Å². The quantitative estimate of drug-likeness (QED) is 0.793. The molecule has 0 N–H and O–H groups in total. The minimum atomic E-state index is 0.00739. The first-order valence-corrected chi connectivity index (χ1v) is 8.38. The van der Waals surface area contributed by atoms with Crippen LogP contribution < -0.4 is 4.74 Å². The first-order chi connectivity index (χ1) is 11.7. The van der Waals surface area contributed by atoms with Gasteiger partial charge in [0.2, 0.25) is 5.91 Å². The molecule has 0 unspecified atom stereocenters. The number of carbonyl (C=O) groups is 1. The summed E-state index contributed by atoms with van der Waals surface area (Å²) in [6, 6.07) is 11.1. The van der Waals surface area contributed by atoms with Crippen LogP contribution in [0.15, 0.2) is 54.9 Å². The number of hydrogen-bond acceptors (Lipinski definition) is 3. The highest BCUT2D eigenvalue weighted by atomic mass is 35.5. The number of rotatable bonds is 4. The van der Waals surface area contributed by atoms with E-state index in [9.17, 15) is 4.79 Å². The molecular formula is C19H19ClN2O2. The van der Waals surface area contributed by atoms with E-state index < -0.39 is 0 Å². The molecular weight excluding hydrogens is 324 g/mol. The Morgan fingerprint density at radius 2 is 1.96 bits per heavy atom. The van der Waals surface area contributed by atoms with Crippen LogP contribution in [0.2, 0.25) is 5.02 Å². The minimum Gasteiger partial charge on any atom is -0.488 e. The number of amides is 1. The molecule has 5 heteroatoms. The van der Waals surface area contributed by atoms with Crippen LogP contribution in [0.1, 0.15) is 18.4 Å². The number of aromatic nitrogens is 1. The molecule has 0 radical (unpaired) electrons. The predicted molar refractivity (Wildman–Crippen MR) is 95.0 cm³/mol. The second-order valence-corrected chi connectivity index (χ2v) is 6.17. The normalized spacial score (nSPS) is 17.9. The summed E-state index contributed by atoms with van der Waals surface area (Å²) in [6.07, 6.45) is 8.74. The lowest BCUT2D eigenvalue weighted by molar-refractivity contribution is -0.128. The zero-order valence-electron chi connectivity index (χ0n) is 13.3. The van der Waals surface area contributed by atoms with Gasteiger partial charge >= 0.3 is 0 Å². The lowest BCUT2D eigenvalue weighted by Gasteiger charge is -2.32. The number of carbonyl (C=O) groups excluding carboxylic acids is 1. The van der Waals surface area contributed by atoms with Crippen LogP contribution in [0.4, 0.5) is 0 Å². The highest BCUT2D eigenvalue weighted by Crippen LogP contribution is 2.18. The van der Waals surface area contributed by atoms with Crippen molar-refractivity contribution in [3.8, 4) is 5.75 Å². The second-order valence-electron chi connectivity index (χ2n) is 5.73. The van der Waals surface area contributed by atoms with Gasteiger partial charge in [0.25, 0.3) is 0 Å². The van der Waals surface area contributed by atoms with Crippen LogP contribution >= 0.6 is 11.6 Å². The van der Waals surface area contributed by atoms with Gasteiger partial charge in [0, 0.05) is 30.0 Å². The standard InChI is InChI=1S/C19H19ClN2O2/c20-16-6-3-15(4-7-16)5-8-19(23)22-13-1-2-18(14-22)24-17-9-11-21-12-10-17/h3-12,18H,1-2,13-14H2/b8-5+/t18-/m1/s1. The van der Waals surface area contributed by atoms with Gasteiger partial charge in [-0.15, -0.1) is 0 Å². The Hall–Kier alpha value is -2.33. The molecule has 1 fully saturated rings. The SMILES string of the molecule is O=C(/C=C/c1ccc(Cl)cc1)N1CCC[C@@H](Oc2ccncc2)C1. The molecule has 1 aromatic carbocycles. The molecule has 4 nitrogen and oxygen atoms in total. The zero-order valence-corrected chi connectivity index (χ0v) is 14.0. The van der Waals surface area contributed by atoms with Crippen molar-refractivity contribution in [2.45, 2.75) is 18.9 Å². The topological polar surface area (TPSA) is 42.4 Å². The number of halogens is 1. The Morgan fingerprint density at radius 3 is 2.71 bits per heavy atom. The molecule has 1 aliphatic rings. The summed E-state index contributed by atoms with van der Waals surface area (Å²) in [5.41, 5.74) is 0.953. The van der Waals surface area contributed by atoms with Crippen LogP contribution in [-0.4, -0.2) is 35.0 Å². The summed E-state index contributed by atoms with van der Waals surface area (Å²) in [5.74, 6) is 0.800. The fourth-order valence-electron chi connectivity index (χ4n) is 2.69. The van der Waals surface area contributed by atoms with E-state index in [0.717, 1.165) is 30.7 Å². The third-order valence-electron chi connectivity index (χ3n) is 3.93. The molecule has 1 atom stereocenters. The summed E-state index contributed by atoms with van der Waals surface area (Å²) in [7, 11) is 0. The van der Waals surface area contributed by atoms with E-state index in [1.54, 1.807) is 18.5 Å². The molecule has 0 spiro atoms. The summed E-state index contributed by atoms with van der Waals surface area (Å²) >= 11 is 5.86. The molecule has 1 aromatic heterocycles. The predicted octanol–water partition coefficient (Wildman–Crippen LogP) is 3.82. The maximum Gasteiger partial charge on any atom is 0.246 e. The molecule has 2 heterocycles. The Bertz CT molecular complexity index is 701. The van der Waals surface area contributed by atoms with Gasteiger partial charge in [-0.25, -0.2) is 0 Å². The number of likely N-dealkylation sites (tertiary alicyclic amines) is 1. The molecule has 24 heavy (non-hydrogen) atoms. The maximum atomic E-state index is 12.4. The smallest absolute Gasteiger partial charge is 0.246 e. The van der Waals surface area contributed by atoms with Crippen molar-refractivity contribution in [3.63, 3.8) is 0 Å².